The molecule has 7 heteroatoms. The Morgan fingerprint density at radius 2 is 2.17 bits per heavy atom. The molecule has 0 unspecified atom stereocenters. The first-order valence-corrected chi connectivity index (χ1v) is 5.44. The lowest BCUT2D eigenvalue weighted by atomic mass is 10.1. The zero-order chi connectivity index (χ0) is 13.1. The number of benzene rings is 1. The van der Waals surface area contributed by atoms with Gasteiger partial charge in [0.15, 0.2) is 5.69 Å². The maximum atomic E-state index is 11.1. The fraction of sp³-hybridized carbons (Fsp3) is 0.0909. The lowest BCUT2D eigenvalue weighted by molar-refractivity contribution is -0.383. The molecule has 92 valence electrons. The van der Waals surface area contributed by atoms with Gasteiger partial charge in [0.1, 0.15) is 6.33 Å². The second-order valence-corrected chi connectivity index (χ2v) is 3.87. The molecule has 1 heterocycles. The summed E-state index contributed by atoms with van der Waals surface area (Å²) in [5.41, 5.74) is 0.650. The molecule has 0 aliphatic heterocycles. The molecule has 0 bridgehead atoms. The molecule has 0 saturated carbocycles. The summed E-state index contributed by atoms with van der Waals surface area (Å²) in [5.74, 6) is 0.171. The minimum atomic E-state index is -0.512. The Morgan fingerprint density at radius 1 is 1.39 bits per heavy atom. The summed E-state index contributed by atoms with van der Waals surface area (Å²) in [4.78, 5) is 18.4. The number of anilines is 1. The number of hydrogen-bond donors (Lipinski definition) is 1. The predicted molar refractivity (Wildman–Crippen MR) is 68.7 cm³/mol. The van der Waals surface area contributed by atoms with Gasteiger partial charge in [-0.3, -0.25) is 10.1 Å². The van der Waals surface area contributed by atoms with Crippen LogP contribution in [0.25, 0.3) is 11.3 Å². The van der Waals surface area contributed by atoms with Crippen molar-refractivity contribution in [3.05, 3.63) is 45.7 Å². The van der Waals surface area contributed by atoms with Crippen LogP contribution < -0.4 is 5.32 Å². The summed E-state index contributed by atoms with van der Waals surface area (Å²) in [6.45, 7) is 0. The second kappa shape index (κ2) is 4.97. The van der Waals surface area contributed by atoms with E-state index in [4.69, 9.17) is 11.6 Å². The molecule has 0 amide bonds. The highest BCUT2D eigenvalue weighted by Crippen LogP contribution is 2.33. The fourth-order valence-electron chi connectivity index (χ4n) is 1.58. The van der Waals surface area contributed by atoms with E-state index in [0.29, 0.717) is 10.6 Å². The van der Waals surface area contributed by atoms with Crippen LogP contribution in [-0.4, -0.2) is 21.9 Å². The fourth-order valence-corrected chi connectivity index (χ4v) is 1.77. The topological polar surface area (TPSA) is 81.0 Å². The third-order valence-corrected chi connectivity index (χ3v) is 2.57. The molecule has 0 aliphatic carbocycles. The third kappa shape index (κ3) is 2.23. The third-order valence-electron chi connectivity index (χ3n) is 2.34. The van der Waals surface area contributed by atoms with Crippen LogP contribution in [0.3, 0.4) is 0 Å². The van der Waals surface area contributed by atoms with Crippen LogP contribution in [0.2, 0.25) is 5.02 Å². The highest BCUT2D eigenvalue weighted by atomic mass is 35.5. The van der Waals surface area contributed by atoms with Crippen LogP contribution in [0.4, 0.5) is 11.5 Å². The van der Waals surface area contributed by atoms with Crippen molar-refractivity contribution in [3.8, 4) is 11.3 Å². The van der Waals surface area contributed by atoms with Crippen molar-refractivity contribution in [1.82, 2.24) is 9.97 Å². The molecule has 18 heavy (non-hydrogen) atoms. The van der Waals surface area contributed by atoms with Crippen LogP contribution in [0.1, 0.15) is 0 Å². The Kier molecular flexibility index (Phi) is 3.38. The first kappa shape index (κ1) is 12.3. The summed E-state index contributed by atoms with van der Waals surface area (Å²) in [7, 11) is 1.57. The number of nitro groups is 1. The van der Waals surface area contributed by atoms with E-state index >= 15 is 0 Å². The maximum absolute atomic E-state index is 11.1. The van der Waals surface area contributed by atoms with Crippen LogP contribution in [0, 0.1) is 10.1 Å². The van der Waals surface area contributed by atoms with Gasteiger partial charge in [-0.25, -0.2) is 9.97 Å². The van der Waals surface area contributed by atoms with Gasteiger partial charge in [0, 0.05) is 17.6 Å². The minimum Gasteiger partial charge on any atom is -0.367 e. The van der Waals surface area contributed by atoms with Crippen molar-refractivity contribution in [3.63, 3.8) is 0 Å². The normalized spacial score (nSPS) is 10.1. The quantitative estimate of drug-likeness (QED) is 0.681. The van der Waals surface area contributed by atoms with Crippen LogP contribution in [-0.2, 0) is 0 Å². The lowest BCUT2D eigenvalue weighted by Crippen LogP contribution is -2.02. The van der Waals surface area contributed by atoms with Gasteiger partial charge in [0.25, 0.3) is 0 Å². The van der Waals surface area contributed by atoms with Crippen LogP contribution in [0.5, 0.6) is 0 Å². The standard InChI is InChI=1S/C11H9ClN4O2/c1-13-11-10(16(17)18)9(14-6-15-11)7-3-2-4-8(12)5-7/h2-6H,1H3,(H,13,14,15). The largest absolute Gasteiger partial charge is 0.367 e. The molecule has 0 atom stereocenters. The number of hydrogen-bond acceptors (Lipinski definition) is 5. The summed E-state index contributed by atoms with van der Waals surface area (Å²) < 4.78 is 0. The minimum absolute atomic E-state index is 0.165. The highest BCUT2D eigenvalue weighted by Gasteiger charge is 2.23. The molecule has 2 rings (SSSR count). The average molecular weight is 265 g/mol. The Morgan fingerprint density at radius 3 is 2.78 bits per heavy atom. The van der Waals surface area contributed by atoms with Gasteiger partial charge in [0.2, 0.25) is 5.82 Å². The van der Waals surface area contributed by atoms with Crippen LogP contribution in [0.15, 0.2) is 30.6 Å². The molecule has 6 nitrogen and oxygen atoms in total. The number of aromatic nitrogens is 2. The Hall–Kier alpha value is -2.21. The molecule has 0 fully saturated rings. The van der Waals surface area contributed by atoms with Crippen LogP contribution >= 0.6 is 11.6 Å². The van der Waals surface area contributed by atoms with Gasteiger partial charge < -0.3 is 5.32 Å². The molecule has 2 aromatic rings. The van der Waals surface area contributed by atoms with Gasteiger partial charge in [-0.1, -0.05) is 23.7 Å². The van der Waals surface area contributed by atoms with E-state index in [1.807, 2.05) is 0 Å². The van der Waals surface area contributed by atoms with E-state index in [0.717, 1.165) is 0 Å². The second-order valence-electron chi connectivity index (χ2n) is 3.44. The van der Waals surface area contributed by atoms with Crippen molar-refractivity contribution in [1.29, 1.82) is 0 Å². The molecular formula is C11H9ClN4O2. The Balaban J connectivity index is 2.67. The lowest BCUT2D eigenvalue weighted by Gasteiger charge is -2.05. The van der Waals surface area contributed by atoms with E-state index in [1.165, 1.54) is 6.33 Å². The van der Waals surface area contributed by atoms with Gasteiger partial charge in [-0.05, 0) is 12.1 Å². The molecular weight excluding hydrogens is 256 g/mol. The Bertz CT molecular complexity index is 603. The monoisotopic (exact) mass is 264 g/mol. The number of halogens is 1. The summed E-state index contributed by atoms with van der Waals surface area (Å²) >= 11 is 5.87. The van der Waals surface area contributed by atoms with E-state index in [1.54, 1.807) is 31.3 Å². The summed E-state index contributed by atoms with van der Waals surface area (Å²) in [6, 6.07) is 6.73. The van der Waals surface area contributed by atoms with Gasteiger partial charge in [-0.2, -0.15) is 0 Å². The summed E-state index contributed by atoms with van der Waals surface area (Å²) in [5, 5.41) is 14.3. The number of nitrogens with zero attached hydrogens (tertiary/aromatic N) is 3. The zero-order valence-electron chi connectivity index (χ0n) is 9.42. The molecule has 1 aromatic heterocycles. The predicted octanol–water partition coefficient (Wildman–Crippen LogP) is 2.75. The van der Waals surface area contributed by atoms with Gasteiger partial charge >= 0.3 is 5.69 Å². The first-order valence-electron chi connectivity index (χ1n) is 5.06. The molecule has 0 radical (unpaired) electrons. The van der Waals surface area contributed by atoms with Crippen molar-refractivity contribution in [2.24, 2.45) is 0 Å². The van der Waals surface area contributed by atoms with Crippen molar-refractivity contribution >= 4 is 23.1 Å². The van der Waals surface area contributed by atoms with E-state index in [9.17, 15) is 10.1 Å². The zero-order valence-corrected chi connectivity index (χ0v) is 10.2. The maximum Gasteiger partial charge on any atom is 0.337 e. The average Bonchev–Trinajstić information content (AvgIpc) is 2.37. The van der Waals surface area contributed by atoms with Gasteiger partial charge in [0.05, 0.1) is 4.92 Å². The Labute approximate surface area is 108 Å². The molecule has 0 aliphatic rings. The molecule has 1 N–H and O–H groups in total. The van der Waals surface area contributed by atoms with E-state index in [-0.39, 0.29) is 17.2 Å². The SMILES string of the molecule is CNc1ncnc(-c2cccc(Cl)c2)c1[N+](=O)[O-]. The van der Waals surface area contributed by atoms with Crippen molar-refractivity contribution in [2.45, 2.75) is 0 Å². The van der Waals surface area contributed by atoms with E-state index < -0.39 is 4.92 Å². The summed E-state index contributed by atoms with van der Waals surface area (Å²) in [6.07, 6.45) is 1.27. The molecule has 0 saturated heterocycles. The molecule has 1 aromatic carbocycles. The first-order chi connectivity index (χ1) is 8.63. The van der Waals surface area contributed by atoms with E-state index in [2.05, 4.69) is 15.3 Å². The van der Waals surface area contributed by atoms with Gasteiger partial charge in [-0.15, -0.1) is 0 Å². The van der Waals surface area contributed by atoms with Crippen molar-refractivity contribution < 1.29 is 4.92 Å². The van der Waals surface area contributed by atoms with Crippen molar-refractivity contribution in [2.75, 3.05) is 12.4 Å². The number of nitrogens with one attached hydrogen (secondary N) is 1. The molecule has 0 spiro atoms. The smallest absolute Gasteiger partial charge is 0.337 e. The number of rotatable bonds is 3. The highest BCUT2D eigenvalue weighted by molar-refractivity contribution is 6.30.